The van der Waals surface area contributed by atoms with Crippen molar-refractivity contribution in [1.29, 1.82) is 0 Å². The van der Waals surface area contributed by atoms with E-state index >= 15 is 0 Å². The number of fused-ring (bicyclic) bond motifs is 1. The summed E-state index contributed by atoms with van der Waals surface area (Å²) in [5, 5.41) is 3.94. The molecule has 2 saturated heterocycles. The first-order valence-electron chi connectivity index (χ1n) is 17.3. The fraction of sp³-hybridized carbons (Fsp3) is 0.694. The third-order valence-electron chi connectivity index (χ3n) is 9.09. The fourth-order valence-corrected chi connectivity index (χ4v) is 7.35. The molecule has 2 fully saturated rings. The molecule has 2 aliphatic heterocycles. The SMILES string of the molecule is CCC(=O)C[C@@H](Cc1nc2ccc(C(C)C)cc2s1)C(=O)N[C@H](C(=O)CCCN1CCOCC1)C1CCN(C(=O)OC(C)(C)C)CC1. The number of Topliss-reactive ketones (excluding diaryl/α,β-unsaturated/α-hetero) is 2. The van der Waals surface area contributed by atoms with Gasteiger partial charge in [0.25, 0.3) is 0 Å². The first-order chi connectivity index (χ1) is 22.3. The van der Waals surface area contributed by atoms with Crippen molar-refractivity contribution in [2.75, 3.05) is 45.9 Å². The van der Waals surface area contributed by atoms with Gasteiger partial charge in [0.2, 0.25) is 5.91 Å². The van der Waals surface area contributed by atoms with E-state index in [0.29, 0.717) is 70.7 Å². The number of likely N-dealkylation sites (tertiary alicyclic amines) is 1. The molecule has 0 bridgehead atoms. The second kappa shape index (κ2) is 17.0. The molecule has 1 aromatic carbocycles. The van der Waals surface area contributed by atoms with Gasteiger partial charge in [-0.15, -0.1) is 11.3 Å². The zero-order valence-corrected chi connectivity index (χ0v) is 30.0. The Balaban J connectivity index is 1.48. The van der Waals surface area contributed by atoms with Crippen LogP contribution < -0.4 is 5.32 Å². The number of nitrogens with one attached hydrogen (secondary N) is 1. The number of carbonyl (C=O) groups excluding carboxylic acids is 4. The van der Waals surface area contributed by atoms with Gasteiger partial charge in [0.05, 0.1) is 40.4 Å². The number of ether oxygens (including phenoxy) is 2. The number of thiazole rings is 1. The van der Waals surface area contributed by atoms with Crippen LogP contribution in [-0.2, 0) is 30.3 Å². The Hall–Kier alpha value is -2.89. The van der Waals surface area contributed by atoms with E-state index in [0.717, 1.165) is 34.9 Å². The minimum absolute atomic E-state index is 0.00379. The average Bonchev–Trinajstić information content (AvgIpc) is 3.44. The molecule has 2 amide bonds. The first-order valence-corrected chi connectivity index (χ1v) is 18.2. The average molecular weight is 671 g/mol. The molecule has 0 aliphatic carbocycles. The number of carbonyl (C=O) groups is 4. The molecule has 1 aromatic heterocycles. The van der Waals surface area contributed by atoms with Crippen LogP contribution in [0.1, 0.15) is 96.6 Å². The van der Waals surface area contributed by atoms with Gasteiger partial charge in [-0.3, -0.25) is 19.3 Å². The minimum atomic E-state index is -0.684. The smallest absolute Gasteiger partial charge is 0.410 e. The molecule has 47 heavy (non-hydrogen) atoms. The lowest BCUT2D eigenvalue weighted by Gasteiger charge is -2.37. The van der Waals surface area contributed by atoms with Crippen molar-refractivity contribution in [3.63, 3.8) is 0 Å². The highest BCUT2D eigenvalue weighted by Crippen LogP contribution is 2.29. The van der Waals surface area contributed by atoms with Gasteiger partial charge in [-0.2, -0.15) is 0 Å². The van der Waals surface area contributed by atoms with Crippen LogP contribution in [0, 0.1) is 11.8 Å². The van der Waals surface area contributed by atoms with Crippen molar-refractivity contribution in [3.8, 4) is 0 Å². The maximum absolute atomic E-state index is 14.0. The zero-order valence-electron chi connectivity index (χ0n) is 29.1. The molecule has 260 valence electrons. The third-order valence-corrected chi connectivity index (χ3v) is 10.1. The number of rotatable bonds is 14. The summed E-state index contributed by atoms with van der Waals surface area (Å²) in [6.07, 6.45) is 2.62. The number of nitrogens with zero attached hydrogens (tertiary/aromatic N) is 3. The number of ketones is 2. The zero-order chi connectivity index (χ0) is 34.1. The van der Waals surface area contributed by atoms with E-state index in [4.69, 9.17) is 14.5 Å². The molecular formula is C36H54N4O6S. The largest absolute Gasteiger partial charge is 0.444 e. The predicted octanol–water partition coefficient (Wildman–Crippen LogP) is 5.76. The van der Waals surface area contributed by atoms with Crippen molar-refractivity contribution in [2.45, 2.75) is 104 Å². The summed E-state index contributed by atoms with van der Waals surface area (Å²) in [5.74, 6) is -0.623. The number of benzene rings is 1. The number of aromatic nitrogens is 1. The Bertz CT molecular complexity index is 1370. The molecule has 2 atom stereocenters. The van der Waals surface area contributed by atoms with Crippen LogP contribution in [0.5, 0.6) is 0 Å². The molecule has 0 radical (unpaired) electrons. The van der Waals surface area contributed by atoms with Gasteiger partial charge >= 0.3 is 6.09 Å². The quantitative estimate of drug-likeness (QED) is 0.270. The van der Waals surface area contributed by atoms with E-state index < -0.39 is 17.6 Å². The topological polar surface area (TPSA) is 118 Å². The number of amides is 2. The molecule has 2 aromatic rings. The summed E-state index contributed by atoms with van der Waals surface area (Å²) in [6.45, 7) is 16.5. The Labute approximate surface area is 283 Å². The van der Waals surface area contributed by atoms with E-state index in [9.17, 15) is 19.2 Å². The maximum Gasteiger partial charge on any atom is 0.410 e. The van der Waals surface area contributed by atoms with Crippen LogP contribution in [0.25, 0.3) is 10.2 Å². The standard InChI is InChI=1S/C36H54N4O6S/c1-7-28(41)21-27(23-32-37-29-11-10-26(24(2)3)22-31(29)47-32)34(43)38-33(30(42)9-8-14-39-17-19-45-20-18-39)25-12-15-40(16-13-25)35(44)46-36(4,5)6/h10-11,22,24-25,27,33H,7-9,12-21,23H2,1-6H3,(H,38,43)/t27-,33-/m0/s1. The van der Waals surface area contributed by atoms with Crippen molar-refractivity contribution < 1.29 is 28.7 Å². The summed E-state index contributed by atoms with van der Waals surface area (Å²) in [5.41, 5.74) is 1.53. The van der Waals surface area contributed by atoms with Crippen molar-refractivity contribution >= 4 is 45.1 Å². The van der Waals surface area contributed by atoms with Crippen LogP contribution in [0.2, 0.25) is 0 Å². The van der Waals surface area contributed by atoms with Gasteiger partial charge in [-0.25, -0.2) is 9.78 Å². The molecular weight excluding hydrogens is 616 g/mol. The summed E-state index contributed by atoms with van der Waals surface area (Å²) in [6, 6.07) is 5.58. The first kappa shape index (κ1) is 36.9. The van der Waals surface area contributed by atoms with Crippen LogP contribution >= 0.6 is 11.3 Å². The van der Waals surface area contributed by atoms with Gasteiger partial charge in [0, 0.05) is 51.9 Å². The number of morpholine rings is 1. The molecule has 11 heteroatoms. The highest BCUT2D eigenvalue weighted by atomic mass is 32.1. The van der Waals surface area contributed by atoms with Gasteiger partial charge < -0.3 is 19.7 Å². The highest BCUT2D eigenvalue weighted by molar-refractivity contribution is 7.18. The third kappa shape index (κ3) is 11.1. The number of piperidine rings is 1. The predicted molar refractivity (Wildman–Crippen MR) is 185 cm³/mol. The van der Waals surface area contributed by atoms with Crippen LogP contribution in [0.15, 0.2) is 18.2 Å². The van der Waals surface area contributed by atoms with Gasteiger partial charge in [0.15, 0.2) is 5.78 Å². The normalized spacial score (nSPS) is 17.9. The molecule has 1 N–H and O–H groups in total. The summed E-state index contributed by atoms with van der Waals surface area (Å²) in [4.78, 5) is 62.1. The van der Waals surface area contributed by atoms with E-state index in [1.54, 1.807) is 16.2 Å². The monoisotopic (exact) mass is 670 g/mol. The lowest BCUT2D eigenvalue weighted by atomic mass is 9.85. The van der Waals surface area contributed by atoms with Crippen LogP contribution in [-0.4, -0.2) is 95.9 Å². The van der Waals surface area contributed by atoms with E-state index in [2.05, 4.69) is 36.2 Å². The highest BCUT2D eigenvalue weighted by Gasteiger charge is 2.36. The van der Waals surface area contributed by atoms with Gasteiger partial charge in [-0.1, -0.05) is 26.8 Å². The molecule has 0 spiro atoms. The summed E-state index contributed by atoms with van der Waals surface area (Å²) in [7, 11) is 0. The van der Waals surface area contributed by atoms with Crippen molar-refractivity contribution in [2.24, 2.45) is 11.8 Å². The Morgan fingerprint density at radius 2 is 1.79 bits per heavy atom. The minimum Gasteiger partial charge on any atom is -0.444 e. The molecule has 0 unspecified atom stereocenters. The number of hydrogen-bond donors (Lipinski definition) is 1. The summed E-state index contributed by atoms with van der Waals surface area (Å²) < 4.78 is 12.1. The van der Waals surface area contributed by atoms with E-state index in [-0.39, 0.29) is 35.9 Å². The van der Waals surface area contributed by atoms with Gasteiger partial charge in [-0.05, 0) is 76.1 Å². The van der Waals surface area contributed by atoms with Crippen molar-refractivity contribution in [3.05, 3.63) is 28.8 Å². The van der Waals surface area contributed by atoms with E-state index in [1.807, 2.05) is 33.8 Å². The lowest BCUT2D eigenvalue weighted by Crippen LogP contribution is -2.52. The molecule has 3 heterocycles. The Morgan fingerprint density at radius 3 is 2.43 bits per heavy atom. The van der Waals surface area contributed by atoms with Gasteiger partial charge in [0.1, 0.15) is 11.4 Å². The van der Waals surface area contributed by atoms with Crippen LogP contribution in [0.3, 0.4) is 0 Å². The Kier molecular flexibility index (Phi) is 13.3. The maximum atomic E-state index is 14.0. The summed E-state index contributed by atoms with van der Waals surface area (Å²) >= 11 is 1.56. The molecule has 0 saturated carbocycles. The molecule has 4 rings (SSSR count). The van der Waals surface area contributed by atoms with E-state index in [1.165, 1.54) is 5.56 Å². The van der Waals surface area contributed by atoms with Crippen molar-refractivity contribution in [1.82, 2.24) is 20.1 Å². The van der Waals surface area contributed by atoms with Crippen LogP contribution in [0.4, 0.5) is 4.79 Å². The number of hydrogen-bond acceptors (Lipinski definition) is 9. The molecule has 10 nitrogen and oxygen atoms in total. The second-order valence-electron chi connectivity index (χ2n) is 14.3. The molecule has 2 aliphatic rings. The Morgan fingerprint density at radius 1 is 1.09 bits per heavy atom. The lowest BCUT2D eigenvalue weighted by molar-refractivity contribution is -0.133. The fourth-order valence-electron chi connectivity index (χ4n) is 6.25. The second-order valence-corrected chi connectivity index (χ2v) is 15.4.